The van der Waals surface area contributed by atoms with Crippen LogP contribution in [-0.4, -0.2) is 44.3 Å². The van der Waals surface area contributed by atoms with Crippen molar-refractivity contribution in [3.05, 3.63) is 51.8 Å². The fourth-order valence-corrected chi connectivity index (χ4v) is 4.21. The number of amides is 1. The lowest BCUT2D eigenvalue weighted by Crippen LogP contribution is -2.33. The zero-order valence-corrected chi connectivity index (χ0v) is 15.9. The number of carbonyl (C=O) groups excluding carboxylic acids is 1. The molecule has 4 bridgehead atoms. The van der Waals surface area contributed by atoms with Gasteiger partial charge in [-0.15, -0.1) is 5.10 Å². The van der Waals surface area contributed by atoms with Crippen molar-refractivity contribution in [2.75, 3.05) is 23.7 Å². The van der Waals surface area contributed by atoms with Gasteiger partial charge in [-0.05, 0) is 18.6 Å². The van der Waals surface area contributed by atoms with Crippen molar-refractivity contribution in [2.24, 2.45) is 0 Å². The first-order valence-corrected chi connectivity index (χ1v) is 9.66. The number of halogens is 2. The molecule has 0 radical (unpaired) electrons. The Balaban J connectivity index is 1.73. The molecule has 0 spiro atoms. The number of alkyl halides is 1. The molecule has 3 N–H and O–H groups in total. The standard InChI is InChI=1S/C19H19F2N7O2/c20-10-6-12-13-7-11(21)9-27(13)14-2-5-28-17(24-14)15(16(22)25-28)18(29)23-3-1-4-26(8-10)19(12)30/h2,5-6,8,11,13H,1,3-4,7,9H2,(H2,22,25)(H,23,29). The summed E-state index contributed by atoms with van der Waals surface area (Å²) in [5, 5.41) is 6.85. The Morgan fingerprint density at radius 2 is 2.13 bits per heavy atom. The van der Waals surface area contributed by atoms with Gasteiger partial charge in [-0.1, -0.05) is 0 Å². The van der Waals surface area contributed by atoms with E-state index in [2.05, 4.69) is 15.4 Å². The Bertz CT molecular complexity index is 1220. The minimum atomic E-state index is -1.21. The highest BCUT2D eigenvalue weighted by Crippen LogP contribution is 2.36. The van der Waals surface area contributed by atoms with Crippen LogP contribution < -0.4 is 21.5 Å². The van der Waals surface area contributed by atoms with Crippen molar-refractivity contribution in [1.29, 1.82) is 0 Å². The van der Waals surface area contributed by atoms with Crippen LogP contribution >= 0.6 is 0 Å². The Hall–Kier alpha value is -3.50. The second-order valence-electron chi connectivity index (χ2n) is 7.54. The molecule has 5 rings (SSSR count). The van der Waals surface area contributed by atoms with E-state index in [1.54, 1.807) is 17.2 Å². The minimum absolute atomic E-state index is 0.00502. The number of pyridine rings is 1. The Morgan fingerprint density at radius 3 is 2.97 bits per heavy atom. The first-order valence-electron chi connectivity index (χ1n) is 9.66. The van der Waals surface area contributed by atoms with E-state index < -0.39 is 23.9 Å². The van der Waals surface area contributed by atoms with Gasteiger partial charge in [0.2, 0.25) is 0 Å². The number of nitrogens with two attached hydrogens (primary N) is 1. The van der Waals surface area contributed by atoms with Gasteiger partial charge in [-0.25, -0.2) is 18.3 Å². The van der Waals surface area contributed by atoms with Crippen molar-refractivity contribution in [1.82, 2.24) is 24.5 Å². The van der Waals surface area contributed by atoms with Crippen LogP contribution in [0.2, 0.25) is 0 Å². The summed E-state index contributed by atoms with van der Waals surface area (Å²) in [4.78, 5) is 31.8. The fourth-order valence-electron chi connectivity index (χ4n) is 4.21. The summed E-state index contributed by atoms with van der Waals surface area (Å²) in [6.45, 7) is 0.447. The van der Waals surface area contributed by atoms with E-state index in [1.165, 1.54) is 15.1 Å². The summed E-state index contributed by atoms with van der Waals surface area (Å²) in [5.41, 5.74) is 6.13. The van der Waals surface area contributed by atoms with Crippen LogP contribution in [0.3, 0.4) is 0 Å². The molecular formula is C19H19F2N7O2. The van der Waals surface area contributed by atoms with Crippen LogP contribution in [0.5, 0.6) is 0 Å². The molecule has 156 valence electrons. The molecular weight excluding hydrogens is 396 g/mol. The first kappa shape index (κ1) is 18.5. The second kappa shape index (κ2) is 6.78. The number of carbonyl (C=O) groups is 1. The monoisotopic (exact) mass is 415 g/mol. The van der Waals surface area contributed by atoms with Gasteiger partial charge in [0, 0.05) is 37.5 Å². The number of fused-ring (bicyclic) bond motifs is 6. The van der Waals surface area contributed by atoms with Gasteiger partial charge in [0.15, 0.2) is 11.5 Å². The first-order chi connectivity index (χ1) is 14.4. The van der Waals surface area contributed by atoms with Crippen LogP contribution in [0.1, 0.15) is 34.8 Å². The molecule has 1 saturated heterocycles. The highest BCUT2D eigenvalue weighted by atomic mass is 19.1. The predicted octanol–water partition coefficient (Wildman–Crippen LogP) is 1.04. The maximum atomic E-state index is 14.4. The Morgan fingerprint density at radius 1 is 1.30 bits per heavy atom. The quantitative estimate of drug-likeness (QED) is 0.568. The van der Waals surface area contributed by atoms with Crippen LogP contribution in [0.15, 0.2) is 29.3 Å². The third-order valence-corrected chi connectivity index (χ3v) is 5.57. The molecule has 0 aliphatic carbocycles. The van der Waals surface area contributed by atoms with Crippen LogP contribution in [0.4, 0.5) is 20.4 Å². The average Bonchev–Trinajstić information content (AvgIpc) is 3.25. The average molecular weight is 415 g/mol. The van der Waals surface area contributed by atoms with Crippen molar-refractivity contribution < 1.29 is 13.6 Å². The van der Waals surface area contributed by atoms with Crippen molar-refractivity contribution >= 4 is 23.2 Å². The lowest BCUT2D eigenvalue weighted by atomic mass is 10.1. The maximum Gasteiger partial charge on any atom is 0.258 e. The highest BCUT2D eigenvalue weighted by molar-refractivity contribution is 6.04. The summed E-state index contributed by atoms with van der Waals surface area (Å²) in [7, 11) is 0. The zero-order valence-electron chi connectivity index (χ0n) is 15.9. The molecule has 9 nitrogen and oxygen atoms in total. The topological polar surface area (TPSA) is 111 Å². The summed E-state index contributed by atoms with van der Waals surface area (Å²) in [6.07, 6.45) is 1.93. The molecule has 1 amide bonds. The van der Waals surface area contributed by atoms with E-state index in [0.29, 0.717) is 12.2 Å². The Kier molecular flexibility index (Phi) is 4.19. The zero-order chi connectivity index (χ0) is 21.0. The number of nitrogen functional groups attached to an aromatic ring is 1. The number of rotatable bonds is 0. The highest BCUT2D eigenvalue weighted by Gasteiger charge is 2.36. The van der Waals surface area contributed by atoms with Crippen LogP contribution in [0, 0.1) is 5.82 Å². The number of hydrogen-bond donors (Lipinski definition) is 2. The molecule has 3 aromatic heterocycles. The van der Waals surface area contributed by atoms with Gasteiger partial charge < -0.3 is 20.5 Å². The van der Waals surface area contributed by atoms with Gasteiger partial charge in [0.1, 0.15) is 23.4 Å². The molecule has 1 fully saturated rings. The Labute approximate surface area is 169 Å². The summed E-state index contributed by atoms with van der Waals surface area (Å²) < 4.78 is 31.4. The molecule has 3 aromatic rings. The minimum Gasteiger partial charge on any atom is -0.381 e. The van der Waals surface area contributed by atoms with Gasteiger partial charge in [0.05, 0.1) is 12.6 Å². The molecule has 2 unspecified atom stereocenters. The molecule has 2 aliphatic rings. The van der Waals surface area contributed by atoms with Gasteiger partial charge in [0.25, 0.3) is 11.5 Å². The normalized spacial score (nSPS) is 21.5. The number of anilines is 2. The number of aryl methyl sites for hydroxylation is 1. The van der Waals surface area contributed by atoms with E-state index in [4.69, 9.17) is 5.73 Å². The van der Waals surface area contributed by atoms with E-state index in [9.17, 15) is 18.4 Å². The lowest BCUT2D eigenvalue weighted by Gasteiger charge is -2.26. The molecule has 2 aliphatic heterocycles. The summed E-state index contributed by atoms with van der Waals surface area (Å²) >= 11 is 0. The van der Waals surface area contributed by atoms with Crippen molar-refractivity contribution in [3.8, 4) is 0 Å². The SMILES string of the molecule is Nc1nn2ccc3nc2c1C(=O)NCCCn1cc(F)cc(c1=O)C1CC(F)CN31. The molecule has 0 aromatic carbocycles. The number of hydrogen-bond acceptors (Lipinski definition) is 6. The van der Waals surface area contributed by atoms with Crippen molar-refractivity contribution in [2.45, 2.75) is 31.6 Å². The van der Waals surface area contributed by atoms with E-state index >= 15 is 0 Å². The smallest absolute Gasteiger partial charge is 0.258 e. The molecule has 11 heteroatoms. The van der Waals surface area contributed by atoms with Crippen LogP contribution in [-0.2, 0) is 6.54 Å². The number of nitrogens with one attached hydrogen (secondary N) is 1. The fraction of sp³-hybridized carbons (Fsp3) is 0.368. The molecule has 2 atom stereocenters. The summed E-state index contributed by atoms with van der Waals surface area (Å²) in [5.74, 6) is -0.627. The van der Waals surface area contributed by atoms with Gasteiger partial charge >= 0.3 is 0 Å². The van der Waals surface area contributed by atoms with Gasteiger partial charge in [-0.3, -0.25) is 9.59 Å². The molecule has 5 heterocycles. The van der Waals surface area contributed by atoms with E-state index in [-0.39, 0.29) is 54.2 Å². The molecule has 30 heavy (non-hydrogen) atoms. The largest absolute Gasteiger partial charge is 0.381 e. The lowest BCUT2D eigenvalue weighted by molar-refractivity contribution is 0.0955. The van der Waals surface area contributed by atoms with Crippen LogP contribution in [0.25, 0.3) is 5.65 Å². The van der Waals surface area contributed by atoms with E-state index in [1.807, 2.05) is 0 Å². The third-order valence-electron chi connectivity index (χ3n) is 5.57. The third kappa shape index (κ3) is 2.88. The maximum absolute atomic E-state index is 14.4. The number of nitrogens with zero attached hydrogens (tertiary/aromatic N) is 5. The molecule has 0 saturated carbocycles. The van der Waals surface area contributed by atoms with Crippen molar-refractivity contribution in [3.63, 3.8) is 0 Å². The van der Waals surface area contributed by atoms with Gasteiger partial charge in [-0.2, -0.15) is 0 Å². The predicted molar refractivity (Wildman–Crippen MR) is 105 cm³/mol. The summed E-state index contributed by atoms with van der Waals surface area (Å²) in [6, 6.07) is 2.10. The second-order valence-corrected chi connectivity index (χ2v) is 7.54. The number of aromatic nitrogens is 4. The van der Waals surface area contributed by atoms with E-state index in [0.717, 1.165) is 6.20 Å².